The van der Waals surface area contributed by atoms with Crippen molar-refractivity contribution in [1.82, 2.24) is 5.32 Å². The summed E-state index contributed by atoms with van der Waals surface area (Å²) in [6.45, 7) is 8.78. The molecule has 1 aliphatic heterocycles. The van der Waals surface area contributed by atoms with Crippen molar-refractivity contribution < 1.29 is 0 Å². The van der Waals surface area contributed by atoms with Gasteiger partial charge in [-0.25, -0.2) is 0 Å². The van der Waals surface area contributed by atoms with Crippen LogP contribution in [-0.4, -0.2) is 24.7 Å². The second kappa shape index (κ2) is 5.55. The van der Waals surface area contributed by atoms with E-state index in [4.69, 9.17) is 11.6 Å². The predicted molar refractivity (Wildman–Crippen MR) is 87.7 cm³/mol. The second-order valence-electron chi connectivity index (χ2n) is 5.37. The molecule has 2 nitrogen and oxygen atoms in total. The molecule has 2 unspecified atom stereocenters. The first-order chi connectivity index (χ1) is 8.45. The smallest absolute Gasteiger partial charge is 0.0650 e. The van der Waals surface area contributed by atoms with Gasteiger partial charge in [0.25, 0.3) is 0 Å². The van der Waals surface area contributed by atoms with Crippen molar-refractivity contribution in [2.75, 3.05) is 18.0 Å². The molecular weight excluding hydrogens is 359 g/mol. The number of benzene rings is 1. The first kappa shape index (κ1) is 14.4. The highest BCUT2D eigenvalue weighted by atomic mass is 127. The number of rotatable bonds is 2. The van der Waals surface area contributed by atoms with Crippen LogP contribution in [0.15, 0.2) is 18.2 Å². The molecule has 1 saturated heterocycles. The molecule has 1 aliphatic rings. The standard InChI is InChI=1S/C14H20ClIN2/c1-4-14(3)9-18(10(2)8-17-14)13-6-5-11(16)7-12(13)15/h5-7,10,17H,4,8-9H2,1-3H3. The Bertz CT molecular complexity index is 438. The molecule has 1 N–H and O–H groups in total. The fourth-order valence-electron chi connectivity index (χ4n) is 2.37. The van der Waals surface area contributed by atoms with E-state index >= 15 is 0 Å². The van der Waals surface area contributed by atoms with Crippen LogP contribution >= 0.6 is 34.2 Å². The van der Waals surface area contributed by atoms with E-state index in [0.717, 1.165) is 30.2 Å². The summed E-state index contributed by atoms with van der Waals surface area (Å²) in [4.78, 5) is 2.43. The molecule has 1 heterocycles. The van der Waals surface area contributed by atoms with Gasteiger partial charge in [-0.15, -0.1) is 0 Å². The van der Waals surface area contributed by atoms with E-state index in [1.807, 2.05) is 6.07 Å². The first-order valence-electron chi connectivity index (χ1n) is 6.42. The second-order valence-corrected chi connectivity index (χ2v) is 7.02. The molecule has 0 aliphatic carbocycles. The van der Waals surface area contributed by atoms with E-state index in [1.54, 1.807) is 0 Å². The molecule has 0 spiro atoms. The number of hydrogen-bond donors (Lipinski definition) is 1. The molecule has 0 radical (unpaired) electrons. The molecule has 1 aromatic carbocycles. The predicted octanol–water partition coefficient (Wildman–Crippen LogP) is 3.91. The van der Waals surface area contributed by atoms with Crippen molar-refractivity contribution in [3.63, 3.8) is 0 Å². The highest BCUT2D eigenvalue weighted by Gasteiger charge is 2.33. The third-order valence-corrected chi connectivity index (χ3v) is 4.85. The largest absolute Gasteiger partial charge is 0.365 e. The maximum Gasteiger partial charge on any atom is 0.0650 e. The lowest BCUT2D eigenvalue weighted by Gasteiger charge is -2.46. The molecule has 1 fully saturated rings. The lowest BCUT2D eigenvalue weighted by molar-refractivity contribution is 0.285. The third-order valence-electron chi connectivity index (χ3n) is 3.88. The Morgan fingerprint density at radius 2 is 2.28 bits per heavy atom. The zero-order chi connectivity index (χ0) is 13.3. The molecule has 18 heavy (non-hydrogen) atoms. The molecule has 0 bridgehead atoms. The summed E-state index contributed by atoms with van der Waals surface area (Å²) < 4.78 is 1.18. The van der Waals surface area contributed by atoms with Crippen molar-refractivity contribution >= 4 is 39.9 Å². The van der Waals surface area contributed by atoms with Gasteiger partial charge in [0.1, 0.15) is 0 Å². The lowest BCUT2D eigenvalue weighted by Crippen LogP contribution is -2.62. The summed E-state index contributed by atoms with van der Waals surface area (Å²) in [5.41, 5.74) is 1.34. The number of anilines is 1. The molecule has 0 amide bonds. The van der Waals surface area contributed by atoms with Crippen LogP contribution in [0, 0.1) is 3.57 Å². The van der Waals surface area contributed by atoms with Gasteiger partial charge in [0.2, 0.25) is 0 Å². The Labute approximate surface area is 128 Å². The Morgan fingerprint density at radius 3 is 2.89 bits per heavy atom. The van der Waals surface area contributed by atoms with Crippen LogP contribution in [-0.2, 0) is 0 Å². The van der Waals surface area contributed by atoms with Crippen LogP contribution in [0.1, 0.15) is 27.2 Å². The molecule has 2 atom stereocenters. The summed E-state index contributed by atoms with van der Waals surface area (Å²) in [5.74, 6) is 0. The highest BCUT2D eigenvalue weighted by Crippen LogP contribution is 2.32. The van der Waals surface area contributed by atoms with Gasteiger partial charge in [-0.2, -0.15) is 0 Å². The minimum atomic E-state index is 0.179. The van der Waals surface area contributed by atoms with Crippen LogP contribution < -0.4 is 10.2 Å². The maximum atomic E-state index is 6.40. The van der Waals surface area contributed by atoms with Crippen LogP contribution in [0.3, 0.4) is 0 Å². The van der Waals surface area contributed by atoms with E-state index in [2.05, 4.69) is 65.7 Å². The number of halogens is 2. The van der Waals surface area contributed by atoms with Gasteiger partial charge < -0.3 is 10.2 Å². The van der Waals surface area contributed by atoms with Crippen molar-refractivity contribution in [1.29, 1.82) is 0 Å². The maximum absolute atomic E-state index is 6.40. The Morgan fingerprint density at radius 1 is 1.56 bits per heavy atom. The van der Waals surface area contributed by atoms with E-state index in [9.17, 15) is 0 Å². The SMILES string of the molecule is CCC1(C)CN(c2ccc(I)cc2Cl)C(C)CN1. The van der Waals surface area contributed by atoms with Crippen molar-refractivity contribution in [3.05, 3.63) is 26.8 Å². The summed E-state index contributed by atoms with van der Waals surface area (Å²) in [7, 11) is 0. The Kier molecular flexibility index (Phi) is 4.44. The number of nitrogens with zero attached hydrogens (tertiary/aromatic N) is 1. The summed E-state index contributed by atoms with van der Waals surface area (Å²) >= 11 is 8.69. The van der Waals surface area contributed by atoms with Gasteiger partial charge in [-0.05, 0) is 61.1 Å². The summed E-state index contributed by atoms with van der Waals surface area (Å²) in [5, 5.41) is 4.49. The Hall–Kier alpha value is -0.000000000000000132. The number of piperazine rings is 1. The average molecular weight is 379 g/mol. The topological polar surface area (TPSA) is 15.3 Å². The minimum absolute atomic E-state index is 0.179. The Balaban J connectivity index is 2.30. The summed E-state index contributed by atoms with van der Waals surface area (Å²) in [6.07, 6.45) is 1.12. The molecule has 100 valence electrons. The van der Waals surface area contributed by atoms with Crippen LogP contribution in [0.5, 0.6) is 0 Å². The number of nitrogens with one attached hydrogen (secondary N) is 1. The third kappa shape index (κ3) is 2.94. The minimum Gasteiger partial charge on any atom is -0.365 e. The zero-order valence-electron chi connectivity index (χ0n) is 11.1. The molecule has 0 saturated carbocycles. The van der Waals surface area contributed by atoms with Gasteiger partial charge in [0.05, 0.1) is 10.7 Å². The average Bonchev–Trinajstić information content (AvgIpc) is 2.33. The fourth-order valence-corrected chi connectivity index (χ4v) is 3.33. The molecule has 4 heteroatoms. The van der Waals surface area contributed by atoms with E-state index in [1.165, 1.54) is 3.57 Å². The number of hydrogen-bond acceptors (Lipinski definition) is 2. The monoisotopic (exact) mass is 378 g/mol. The van der Waals surface area contributed by atoms with Gasteiger partial charge in [0, 0.05) is 28.2 Å². The van der Waals surface area contributed by atoms with Gasteiger partial charge in [-0.3, -0.25) is 0 Å². The zero-order valence-corrected chi connectivity index (χ0v) is 14.0. The molecular formula is C14H20ClIN2. The van der Waals surface area contributed by atoms with Gasteiger partial charge in [-0.1, -0.05) is 18.5 Å². The lowest BCUT2D eigenvalue weighted by atomic mass is 9.93. The van der Waals surface area contributed by atoms with Crippen molar-refractivity contribution in [2.24, 2.45) is 0 Å². The first-order valence-corrected chi connectivity index (χ1v) is 7.87. The summed E-state index contributed by atoms with van der Waals surface area (Å²) in [6, 6.07) is 6.78. The molecule has 2 rings (SSSR count). The van der Waals surface area contributed by atoms with Crippen LogP contribution in [0.25, 0.3) is 0 Å². The van der Waals surface area contributed by atoms with Crippen LogP contribution in [0.4, 0.5) is 5.69 Å². The van der Waals surface area contributed by atoms with Crippen molar-refractivity contribution in [3.8, 4) is 0 Å². The van der Waals surface area contributed by atoms with Crippen LogP contribution in [0.2, 0.25) is 5.02 Å². The normalized spacial score (nSPS) is 28.5. The van der Waals surface area contributed by atoms with Crippen molar-refractivity contribution in [2.45, 2.75) is 38.8 Å². The molecule has 0 aromatic heterocycles. The molecule has 1 aromatic rings. The van der Waals surface area contributed by atoms with Gasteiger partial charge >= 0.3 is 0 Å². The highest BCUT2D eigenvalue weighted by molar-refractivity contribution is 14.1. The van der Waals surface area contributed by atoms with Gasteiger partial charge in [0.15, 0.2) is 0 Å². The van der Waals surface area contributed by atoms with E-state index in [-0.39, 0.29) is 5.54 Å². The van der Waals surface area contributed by atoms with E-state index in [0.29, 0.717) is 6.04 Å². The van der Waals surface area contributed by atoms with E-state index < -0.39 is 0 Å². The fraction of sp³-hybridized carbons (Fsp3) is 0.571. The quantitative estimate of drug-likeness (QED) is 0.785.